The molecule has 0 radical (unpaired) electrons. The van der Waals surface area contributed by atoms with Gasteiger partial charge in [-0.05, 0) is 18.6 Å². The van der Waals surface area contributed by atoms with E-state index in [1.54, 1.807) is 18.4 Å². The molecule has 2 rings (SSSR count). The Kier molecular flexibility index (Phi) is 2.33. The van der Waals surface area contributed by atoms with Gasteiger partial charge in [-0.15, -0.1) is 11.3 Å². The van der Waals surface area contributed by atoms with Gasteiger partial charge in [0, 0.05) is 26.7 Å². The Morgan fingerprint density at radius 2 is 2.14 bits per heavy atom. The number of anilines is 1. The van der Waals surface area contributed by atoms with E-state index >= 15 is 0 Å². The van der Waals surface area contributed by atoms with Crippen LogP contribution in [0, 0.1) is 0 Å². The van der Waals surface area contributed by atoms with Gasteiger partial charge in [0.2, 0.25) is 0 Å². The fraction of sp³-hybridized carbons (Fsp3) is 0.273. The van der Waals surface area contributed by atoms with Crippen molar-refractivity contribution < 1.29 is 4.74 Å². The Labute approximate surface area is 87.3 Å². The van der Waals surface area contributed by atoms with E-state index in [1.807, 2.05) is 12.1 Å². The van der Waals surface area contributed by atoms with Crippen LogP contribution in [0.2, 0.25) is 0 Å². The second kappa shape index (κ2) is 3.50. The van der Waals surface area contributed by atoms with E-state index in [2.05, 4.69) is 13.0 Å². The summed E-state index contributed by atoms with van der Waals surface area (Å²) in [5.74, 6) is 0.833. The molecular formula is C11H13NOS. The Morgan fingerprint density at radius 3 is 2.79 bits per heavy atom. The second-order valence-electron chi connectivity index (χ2n) is 3.19. The molecule has 2 nitrogen and oxygen atoms in total. The molecular weight excluding hydrogens is 194 g/mol. The summed E-state index contributed by atoms with van der Waals surface area (Å²) >= 11 is 1.78. The molecule has 0 saturated carbocycles. The van der Waals surface area contributed by atoms with Gasteiger partial charge in [-0.1, -0.05) is 6.92 Å². The zero-order valence-electron chi connectivity index (χ0n) is 8.33. The number of nitrogen functional groups attached to an aromatic ring is 1. The second-order valence-corrected chi connectivity index (χ2v) is 4.36. The molecule has 0 amide bonds. The van der Waals surface area contributed by atoms with Crippen LogP contribution in [0.3, 0.4) is 0 Å². The summed E-state index contributed by atoms with van der Waals surface area (Å²) < 4.78 is 6.38. The van der Waals surface area contributed by atoms with Crippen LogP contribution in [0.5, 0.6) is 5.75 Å². The summed E-state index contributed by atoms with van der Waals surface area (Å²) in [6, 6.07) is 6.07. The minimum Gasteiger partial charge on any atom is -0.497 e. The predicted octanol–water partition coefficient (Wildman–Crippen LogP) is 3.05. The zero-order chi connectivity index (χ0) is 10.1. The van der Waals surface area contributed by atoms with E-state index < -0.39 is 0 Å². The maximum Gasteiger partial charge on any atom is 0.122 e. The highest BCUT2D eigenvalue weighted by Crippen LogP contribution is 2.33. The van der Waals surface area contributed by atoms with Crippen LogP contribution in [0.25, 0.3) is 10.1 Å². The molecule has 0 spiro atoms. The normalized spacial score (nSPS) is 10.7. The number of hydrogen-bond acceptors (Lipinski definition) is 3. The fourth-order valence-electron chi connectivity index (χ4n) is 1.48. The van der Waals surface area contributed by atoms with E-state index in [0.29, 0.717) is 0 Å². The van der Waals surface area contributed by atoms with Crippen molar-refractivity contribution >= 4 is 27.1 Å². The van der Waals surface area contributed by atoms with Crippen LogP contribution in [0.15, 0.2) is 18.2 Å². The lowest BCUT2D eigenvalue weighted by atomic mass is 10.2. The quantitative estimate of drug-likeness (QED) is 0.768. The van der Waals surface area contributed by atoms with E-state index in [9.17, 15) is 0 Å². The molecule has 0 aliphatic carbocycles. The first kappa shape index (κ1) is 9.34. The van der Waals surface area contributed by atoms with Crippen molar-refractivity contribution in [2.45, 2.75) is 13.3 Å². The summed E-state index contributed by atoms with van der Waals surface area (Å²) in [5, 5.41) is 1.15. The molecule has 1 heterocycles. The van der Waals surface area contributed by atoms with E-state index in [4.69, 9.17) is 10.5 Å². The first-order valence-electron chi connectivity index (χ1n) is 4.60. The topological polar surface area (TPSA) is 35.2 Å². The van der Waals surface area contributed by atoms with E-state index in [1.165, 1.54) is 9.58 Å². The lowest BCUT2D eigenvalue weighted by molar-refractivity contribution is 0.415. The third kappa shape index (κ3) is 1.44. The maximum absolute atomic E-state index is 5.93. The lowest BCUT2D eigenvalue weighted by Crippen LogP contribution is -1.88. The highest BCUT2D eigenvalue weighted by molar-refractivity contribution is 7.19. The molecule has 1 aromatic carbocycles. The van der Waals surface area contributed by atoms with Gasteiger partial charge in [-0.3, -0.25) is 0 Å². The zero-order valence-corrected chi connectivity index (χ0v) is 9.15. The van der Waals surface area contributed by atoms with Crippen LogP contribution < -0.4 is 10.5 Å². The smallest absolute Gasteiger partial charge is 0.122 e. The van der Waals surface area contributed by atoms with Crippen molar-refractivity contribution in [2.24, 2.45) is 0 Å². The minimum atomic E-state index is 0.801. The Morgan fingerprint density at radius 1 is 1.36 bits per heavy atom. The molecule has 14 heavy (non-hydrogen) atoms. The van der Waals surface area contributed by atoms with Gasteiger partial charge in [0.1, 0.15) is 5.75 Å². The van der Waals surface area contributed by atoms with Crippen LogP contribution in [0.4, 0.5) is 5.69 Å². The highest BCUT2D eigenvalue weighted by atomic mass is 32.1. The average Bonchev–Trinajstić information content (AvgIpc) is 2.61. The molecule has 0 fully saturated rings. The summed E-state index contributed by atoms with van der Waals surface area (Å²) in [7, 11) is 1.66. The van der Waals surface area contributed by atoms with Crippen LogP contribution in [-0.4, -0.2) is 7.11 Å². The largest absolute Gasteiger partial charge is 0.497 e. The molecule has 0 bridgehead atoms. The van der Waals surface area contributed by atoms with Gasteiger partial charge in [0.05, 0.1) is 7.11 Å². The van der Waals surface area contributed by atoms with Crippen molar-refractivity contribution in [3.05, 3.63) is 23.1 Å². The highest BCUT2D eigenvalue weighted by Gasteiger charge is 2.05. The molecule has 0 aliphatic rings. The number of hydrogen-bond donors (Lipinski definition) is 1. The summed E-state index contributed by atoms with van der Waals surface area (Å²) in [5.41, 5.74) is 6.73. The van der Waals surface area contributed by atoms with Gasteiger partial charge in [-0.2, -0.15) is 0 Å². The summed E-state index contributed by atoms with van der Waals surface area (Å²) in [6.45, 7) is 2.15. The molecule has 0 atom stereocenters. The summed E-state index contributed by atoms with van der Waals surface area (Å²) in [6.07, 6.45) is 1.06. The molecule has 3 heteroatoms. The Bertz CT molecular complexity index is 462. The van der Waals surface area contributed by atoms with Gasteiger partial charge in [-0.25, -0.2) is 0 Å². The molecule has 0 aliphatic heterocycles. The van der Waals surface area contributed by atoms with Crippen molar-refractivity contribution in [3.8, 4) is 5.75 Å². The first-order valence-corrected chi connectivity index (χ1v) is 5.42. The number of nitrogens with two attached hydrogens (primary N) is 1. The number of methoxy groups -OCH3 is 1. The SMILES string of the molecule is CCc1cc2c(N)cc(OC)cc2s1. The van der Waals surface area contributed by atoms with Crippen LogP contribution in [0.1, 0.15) is 11.8 Å². The average molecular weight is 207 g/mol. The molecule has 1 aromatic heterocycles. The lowest BCUT2D eigenvalue weighted by Gasteiger charge is -2.01. The number of ether oxygens (including phenoxy) is 1. The van der Waals surface area contributed by atoms with Crippen molar-refractivity contribution in [2.75, 3.05) is 12.8 Å². The molecule has 0 unspecified atom stereocenters. The number of benzene rings is 1. The van der Waals surface area contributed by atoms with E-state index in [-0.39, 0.29) is 0 Å². The monoisotopic (exact) mass is 207 g/mol. The molecule has 74 valence electrons. The van der Waals surface area contributed by atoms with E-state index in [0.717, 1.165) is 23.2 Å². The van der Waals surface area contributed by atoms with Gasteiger partial charge in [0.25, 0.3) is 0 Å². The van der Waals surface area contributed by atoms with Crippen LogP contribution >= 0.6 is 11.3 Å². The van der Waals surface area contributed by atoms with Crippen molar-refractivity contribution in [3.63, 3.8) is 0 Å². The van der Waals surface area contributed by atoms with Crippen molar-refractivity contribution in [1.29, 1.82) is 0 Å². The third-order valence-corrected chi connectivity index (χ3v) is 3.50. The third-order valence-electron chi connectivity index (χ3n) is 2.28. The number of aryl methyl sites for hydroxylation is 1. The first-order chi connectivity index (χ1) is 6.74. The molecule has 2 N–H and O–H groups in total. The molecule has 2 aromatic rings. The van der Waals surface area contributed by atoms with Gasteiger partial charge in [0.15, 0.2) is 0 Å². The van der Waals surface area contributed by atoms with Gasteiger partial charge >= 0.3 is 0 Å². The fourth-order valence-corrected chi connectivity index (χ4v) is 2.55. The summed E-state index contributed by atoms with van der Waals surface area (Å²) in [4.78, 5) is 1.36. The van der Waals surface area contributed by atoms with Crippen molar-refractivity contribution in [1.82, 2.24) is 0 Å². The number of rotatable bonds is 2. The standard InChI is InChI=1S/C11H13NOS/c1-3-8-6-9-10(12)4-7(13-2)5-11(9)14-8/h4-6H,3,12H2,1-2H3. The maximum atomic E-state index is 5.93. The van der Waals surface area contributed by atoms with Crippen LogP contribution in [-0.2, 0) is 6.42 Å². The Hall–Kier alpha value is -1.22. The Balaban J connectivity index is 2.67. The minimum absolute atomic E-state index is 0.801. The molecule has 0 saturated heterocycles. The number of fused-ring (bicyclic) bond motifs is 1. The number of thiophene rings is 1. The van der Waals surface area contributed by atoms with Gasteiger partial charge < -0.3 is 10.5 Å². The predicted molar refractivity (Wildman–Crippen MR) is 62.2 cm³/mol.